The van der Waals surface area contributed by atoms with Gasteiger partial charge >= 0.3 is 0 Å². The second kappa shape index (κ2) is 8.37. The van der Waals surface area contributed by atoms with Gasteiger partial charge in [-0.3, -0.25) is 4.90 Å². The summed E-state index contributed by atoms with van der Waals surface area (Å²) >= 11 is 0. The number of hydrogen-bond donors (Lipinski definition) is 0. The average Bonchev–Trinajstić information content (AvgIpc) is 3.19. The molecular formula is C30H40N2. The van der Waals surface area contributed by atoms with Crippen molar-refractivity contribution in [3.63, 3.8) is 0 Å². The van der Waals surface area contributed by atoms with Crippen molar-refractivity contribution < 1.29 is 0 Å². The van der Waals surface area contributed by atoms with Crippen molar-refractivity contribution in [3.8, 4) is 0 Å². The molecule has 1 aliphatic carbocycles. The molecule has 5 rings (SSSR count). The molecule has 2 nitrogen and oxygen atoms in total. The smallest absolute Gasteiger partial charge is 0.110 e. The molecule has 2 aromatic rings. The van der Waals surface area contributed by atoms with Crippen molar-refractivity contribution in [2.45, 2.75) is 95.9 Å². The van der Waals surface area contributed by atoms with Crippen molar-refractivity contribution in [1.29, 1.82) is 0 Å². The Balaban J connectivity index is 1.70. The first-order chi connectivity index (χ1) is 15.5. The third-order valence-electron chi connectivity index (χ3n) is 8.64. The molecular weight excluding hydrogens is 388 g/mol. The Morgan fingerprint density at radius 3 is 2.09 bits per heavy atom. The van der Waals surface area contributed by atoms with E-state index in [1.54, 1.807) is 0 Å². The summed E-state index contributed by atoms with van der Waals surface area (Å²) in [5.74, 6) is 0.705. The summed E-state index contributed by atoms with van der Waals surface area (Å²) in [7, 11) is 0. The maximum Gasteiger partial charge on any atom is 0.110 e. The largest absolute Gasteiger partial charge is 0.347 e. The van der Waals surface area contributed by atoms with Gasteiger partial charge < -0.3 is 4.90 Å². The van der Waals surface area contributed by atoms with Crippen LogP contribution in [0.2, 0.25) is 0 Å². The van der Waals surface area contributed by atoms with Crippen molar-refractivity contribution >= 4 is 5.69 Å². The van der Waals surface area contributed by atoms with Gasteiger partial charge in [0.2, 0.25) is 0 Å². The van der Waals surface area contributed by atoms with Gasteiger partial charge in [-0.1, -0.05) is 92.8 Å². The lowest BCUT2D eigenvalue weighted by Gasteiger charge is -2.47. The lowest BCUT2D eigenvalue weighted by Crippen LogP contribution is -2.57. The molecule has 2 unspecified atom stereocenters. The summed E-state index contributed by atoms with van der Waals surface area (Å²) in [6, 6.07) is 20.7. The van der Waals surface area contributed by atoms with Gasteiger partial charge in [0.05, 0.1) is 11.6 Å². The molecule has 2 aliphatic heterocycles. The maximum absolute atomic E-state index is 2.90. The molecule has 0 bridgehead atoms. The Hall–Kier alpha value is -2.06. The van der Waals surface area contributed by atoms with Gasteiger partial charge in [0.15, 0.2) is 0 Å². The van der Waals surface area contributed by atoms with Gasteiger partial charge in [-0.15, -0.1) is 0 Å². The molecule has 0 radical (unpaired) electrons. The number of nitrogens with zero attached hydrogens (tertiary/aromatic N) is 2. The van der Waals surface area contributed by atoms with E-state index in [9.17, 15) is 0 Å². The van der Waals surface area contributed by atoms with Crippen molar-refractivity contribution in [1.82, 2.24) is 4.90 Å². The van der Waals surface area contributed by atoms with Crippen LogP contribution in [0.25, 0.3) is 0 Å². The number of para-hydroxylation sites is 1. The number of fused-ring (bicyclic) bond motifs is 1. The van der Waals surface area contributed by atoms with Crippen molar-refractivity contribution in [3.05, 3.63) is 77.9 Å². The SMILES string of the molecule is Cc1ccccc1N1C(c2ccccc2)N2C(C)(C)C=CC2(C2CCCCCCC2)[C@@H]1C. The molecule has 0 spiro atoms. The van der Waals surface area contributed by atoms with Crippen LogP contribution in [0.15, 0.2) is 66.7 Å². The summed E-state index contributed by atoms with van der Waals surface area (Å²) in [6.45, 7) is 9.64. The summed E-state index contributed by atoms with van der Waals surface area (Å²) < 4.78 is 0. The second-order valence-corrected chi connectivity index (χ2v) is 10.9. The van der Waals surface area contributed by atoms with Crippen molar-refractivity contribution in [2.75, 3.05) is 4.90 Å². The Labute approximate surface area is 195 Å². The molecule has 32 heavy (non-hydrogen) atoms. The van der Waals surface area contributed by atoms with Gasteiger partial charge in [0, 0.05) is 11.2 Å². The number of benzene rings is 2. The van der Waals surface area contributed by atoms with E-state index in [0.717, 1.165) is 0 Å². The number of rotatable bonds is 3. The van der Waals surface area contributed by atoms with Gasteiger partial charge in [0.25, 0.3) is 0 Å². The minimum Gasteiger partial charge on any atom is -0.347 e. The fourth-order valence-corrected chi connectivity index (χ4v) is 7.14. The van der Waals surface area contributed by atoms with Crippen LogP contribution in [0.4, 0.5) is 5.69 Å². The van der Waals surface area contributed by atoms with E-state index in [1.807, 2.05) is 0 Å². The van der Waals surface area contributed by atoms with Gasteiger partial charge in [0.1, 0.15) is 6.17 Å². The van der Waals surface area contributed by atoms with Crippen LogP contribution in [-0.4, -0.2) is 22.0 Å². The molecule has 170 valence electrons. The molecule has 2 heteroatoms. The van der Waals surface area contributed by atoms with Crippen molar-refractivity contribution in [2.24, 2.45) is 5.92 Å². The molecule has 0 amide bonds. The van der Waals surface area contributed by atoms with E-state index < -0.39 is 0 Å². The van der Waals surface area contributed by atoms with Gasteiger partial charge in [-0.25, -0.2) is 0 Å². The molecule has 2 fully saturated rings. The Kier molecular flexibility index (Phi) is 5.70. The number of aryl methyl sites for hydroxylation is 1. The lowest BCUT2D eigenvalue weighted by atomic mass is 9.72. The van der Waals surface area contributed by atoms with Crippen LogP contribution in [0.1, 0.15) is 83.0 Å². The van der Waals surface area contributed by atoms with E-state index in [-0.39, 0.29) is 17.2 Å². The summed E-state index contributed by atoms with van der Waals surface area (Å²) in [5, 5.41) is 0. The predicted molar refractivity (Wildman–Crippen MR) is 136 cm³/mol. The summed E-state index contributed by atoms with van der Waals surface area (Å²) in [4.78, 5) is 5.66. The zero-order chi connectivity index (χ0) is 22.3. The highest BCUT2D eigenvalue weighted by Gasteiger charge is 2.63. The Morgan fingerprint density at radius 2 is 1.41 bits per heavy atom. The highest BCUT2D eigenvalue weighted by Crippen LogP contribution is 2.58. The number of anilines is 1. The molecule has 1 saturated heterocycles. The van der Waals surface area contributed by atoms with Gasteiger partial charge in [-0.05, 0) is 63.6 Å². The first kappa shape index (κ1) is 21.8. The van der Waals surface area contributed by atoms with Crippen LogP contribution >= 0.6 is 0 Å². The topological polar surface area (TPSA) is 6.48 Å². The molecule has 1 saturated carbocycles. The lowest BCUT2D eigenvalue weighted by molar-refractivity contribution is 0.0226. The Bertz CT molecular complexity index is 954. The standard InChI is InChI=1S/C30H40N2/c1-23-15-13-14-20-27(23)31-24(2)30(26-18-11-6-5-7-12-19-26)22-21-29(3,4)32(30)28(31)25-16-9-8-10-17-25/h8-10,13-17,20-22,24,26,28H,5-7,11-12,18-19H2,1-4H3/t24-,28?,30?/m0/s1. The van der Waals surface area contributed by atoms with Crippen LogP contribution in [0.3, 0.4) is 0 Å². The van der Waals surface area contributed by atoms with E-state index in [2.05, 4.69) is 104 Å². The van der Waals surface area contributed by atoms with Crippen LogP contribution in [-0.2, 0) is 0 Å². The zero-order valence-corrected chi connectivity index (χ0v) is 20.4. The minimum atomic E-state index is 0.0224. The number of hydrogen-bond acceptors (Lipinski definition) is 2. The first-order valence-corrected chi connectivity index (χ1v) is 12.9. The molecule has 3 aliphatic rings. The van der Waals surface area contributed by atoms with Crippen LogP contribution in [0.5, 0.6) is 0 Å². The molecule has 3 atom stereocenters. The second-order valence-electron chi connectivity index (χ2n) is 10.9. The van der Waals surface area contributed by atoms with Gasteiger partial charge in [-0.2, -0.15) is 0 Å². The quantitative estimate of drug-likeness (QED) is 0.463. The zero-order valence-electron chi connectivity index (χ0n) is 20.4. The minimum absolute atomic E-state index is 0.0224. The fraction of sp³-hybridized carbons (Fsp3) is 0.533. The van der Waals surface area contributed by atoms with E-state index in [4.69, 9.17) is 0 Å². The first-order valence-electron chi connectivity index (χ1n) is 12.9. The van der Waals surface area contributed by atoms with Crippen LogP contribution in [0, 0.1) is 12.8 Å². The molecule has 0 N–H and O–H groups in total. The predicted octanol–water partition coefficient (Wildman–Crippen LogP) is 7.65. The highest BCUT2D eigenvalue weighted by atomic mass is 15.5. The monoisotopic (exact) mass is 428 g/mol. The summed E-state index contributed by atoms with van der Waals surface area (Å²) in [5.41, 5.74) is 4.26. The maximum atomic E-state index is 2.90. The normalized spacial score (nSPS) is 30.8. The highest BCUT2D eigenvalue weighted by molar-refractivity contribution is 5.60. The average molecular weight is 429 g/mol. The van der Waals surface area contributed by atoms with E-state index >= 15 is 0 Å². The van der Waals surface area contributed by atoms with E-state index in [0.29, 0.717) is 12.0 Å². The van der Waals surface area contributed by atoms with E-state index in [1.165, 1.54) is 61.8 Å². The van der Waals surface area contributed by atoms with Crippen LogP contribution < -0.4 is 4.90 Å². The molecule has 2 aromatic carbocycles. The Morgan fingerprint density at radius 1 is 0.781 bits per heavy atom. The fourth-order valence-electron chi connectivity index (χ4n) is 7.14. The molecule has 0 aromatic heterocycles. The third-order valence-corrected chi connectivity index (χ3v) is 8.64. The molecule has 2 heterocycles. The summed E-state index contributed by atoms with van der Waals surface area (Å²) in [6.07, 6.45) is 15.1. The third kappa shape index (κ3) is 3.34.